The van der Waals surface area contributed by atoms with Crippen molar-refractivity contribution in [2.45, 2.75) is 42.4 Å². The first kappa shape index (κ1) is 17.7. The van der Waals surface area contributed by atoms with Gasteiger partial charge < -0.3 is 9.88 Å². The van der Waals surface area contributed by atoms with Gasteiger partial charge >= 0.3 is 0 Å². The van der Waals surface area contributed by atoms with Crippen LogP contribution in [0.1, 0.15) is 25.7 Å². The third kappa shape index (κ3) is 3.96. The van der Waals surface area contributed by atoms with Crippen LogP contribution >= 0.6 is 11.3 Å². The van der Waals surface area contributed by atoms with E-state index in [1.54, 1.807) is 0 Å². The summed E-state index contributed by atoms with van der Waals surface area (Å²) in [6.45, 7) is -0.316. The van der Waals surface area contributed by atoms with Gasteiger partial charge in [-0.25, -0.2) is 13.4 Å². The van der Waals surface area contributed by atoms with Crippen LogP contribution in [0.5, 0.6) is 0 Å². The first-order chi connectivity index (χ1) is 11.9. The summed E-state index contributed by atoms with van der Waals surface area (Å²) >= 11 is 0.674. The van der Waals surface area contributed by atoms with Crippen molar-refractivity contribution in [1.82, 2.24) is 9.55 Å². The molecule has 0 aromatic carbocycles. The van der Waals surface area contributed by atoms with Gasteiger partial charge in [0.05, 0.1) is 16.3 Å². The van der Waals surface area contributed by atoms with Crippen molar-refractivity contribution in [3.05, 3.63) is 40.0 Å². The van der Waals surface area contributed by atoms with Crippen LogP contribution in [-0.2, 0) is 21.2 Å². The molecule has 2 aromatic rings. The van der Waals surface area contributed by atoms with Crippen molar-refractivity contribution >= 4 is 32.2 Å². The van der Waals surface area contributed by atoms with Crippen LogP contribution in [-0.4, -0.2) is 29.1 Å². The summed E-state index contributed by atoms with van der Waals surface area (Å²) in [5, 5.41) is 1.50. The fourth-order valence-corrected chi connectivity index (χ4v) is 5.23. The highest BCUT2D eigenvalue weighted by Gasteiger charge is 2.30. The van der Waals surface area contributed by atoms with Gasteiger partial charge in [0.2, 0.25) is 5.91 Å². The first-order valence-corrected chi connectivity index (χ1v) is 10.1. The number of aromatic nitrogens is 2. The molecular weight excluding hydrogens is 369 g/mol. The Labute approximate surface area is 147 Å². The SMILES string of the molecule is O=C(Cn1ccc(S(=O)(=O)C2CCCC2)cc1=O)Nc1ncc(F)s1. The van der Waals surface area contributed by atoms with E-state index in [1.165, 1.54) is 12.3 Å². The monoisotopic (exact) mass is 385 g/mol. The standard InChI is InChI=1S/C15H16FN3O4S2/c16-12-8-17-15(24-12)18-13(20)9-19-6-5-11(7-14(19)21)25(22,23)10-3-1-2-4-10/h5-8,10H,1-4,9H2,(H,17,18,20). The number of thiazole rings is 1. The first-order valence-electron chi connectivity index (χ1n) is 7.72. The van der Waals surface area contributed by atoms with Gasteiger partial charge in [-0.05, 0) is 18.9 Å². The maximum atomic E-state index is 12.8. The number of anilines is 1. The Bertz CT molecular complexity index is 946. The average molecular weight is 385 g/mol. The number of amides is 1. The molecule has 1 N–H and O–H groups in total. The molecule has 7 nitrogen and oxygen atoms in total. The van der Waals surface area contributed by atoms with Crippen LogP contribution in [0.3, 0.4) is 0 Å². The minimum Gasteiger partial charge on any atom is -0.306 e. The molecule has 2 heterocycles. The Morgan fingerprint density at radius 2 is 2.12 bits per heavy atom. The summed E-state index contributed by atoms with van der Waals surface area (Å²) in [6.07, 6.45) is 5.23. The zero-order valence-electron chi connectivity index (χ0n) is 13.1. The molecule has 0 spiro atoms. The van der Waals surface area contributed by atoms with Crippen molar-refractivity contribution in [2.75, 3.05) is 5.32 Å². The normalized spacial score (nSPS) is 15.4. The molecular formula is C15H16FN3O4S2. The number of sulfone groups is 1. The van der Waals surface area contributed by atoms with E-state index in [0.717, 1.165) is 29.7 Å². The molecule has 0 aliphatic heterocycles. The summed E-state index contributed by atoms with van der Waals surface area (Å²) in [5.74, 6) is -0.553. The summed E-state index contributed by atoms with van der Waals surface area (Å²) in [6, 6.07) is 2.38. The quantitative estimate of drug-likeness (QED) is 0.846. The van der Waals surface area contributed by atoms with Crippen LogP contribution < -0.4 is 10.9 Å². The van der Waals surface area contributed by atoms with Gasteiger partial charge in [0, 0.05) is 12.3 Å². The van der Waals surface area contributed by atoms with E-state index in [4.69, 9.17) is 0 Å². The van der Waals surface area contributed by atoms with Crippen LogP contribution in [0.25, 0.3) is 0 Å². The van der Waals surface area contributed by atoms with Crippen molar-refractivity contribution in [1.29, 1.82) is 0 Å². The lowest BCUT2D eigenvalue weighted by Crippen LogP contribution is -2.28. The molecule has 3 rings (SSSR count). The number of pyridine rings is 1. The maximum absolute atomic E-state index is 12.8. The molecule has 25 heavy (non-hydrogen) atoms. The van der Waals surface area contributed by atoms with E-state index in [1.807, 2.05) is 0 Å². The summed E-state index contributed by atoms with van der Waals surface area (Å²) < 4.78 is 38.9. The third-order valence-corrected chi connectivity index (χ3v) is 7.04. The smallest absolute Gasteiger partial charge is 0.252 e. The summed E-state index contributed by atoms with van der Waals surface area (Å²) in [7, 11) is -3.52. The fourth-order valence-electron chi connectivity index (χ4n) is 2.81. The number of carbonyl (C=O) groups is 1. The Morgan fingerprint density at radius 3 is 2.72 bits per heavy atom. The van der Waals surface area contributed by atoms with Crippen LogP contribution in [0, 0.1) is 5.13 Å². The van der Waals surface area contributed by atoms with Gasteiger partial charge in [-0.2, -0.15) is 4.39 Å². The zero-order chi connectivity index (χ0) is 18.0. The molecule has 1 fully saturated rings. The number of rotatable bonds is 5. The topological polar surface area (TPSA) is 98.1 Å². The summed E-state index contributed by atoms with van der Waals surface area (Å²) in [4.78, 5) is 27.7. The molecule has 1 aliphatic rings. The fraction of sp³-hybridized carbons (Fsp3) is 0.400. The number of nitrogens with one attached hydrogen (secondary N) is 1. The van der Waals surface area contributed by atoms with Gasteiger partial charge in [-0.3, -0.25) is 9.59 Å². The van der Waals surface area contributed by atoms with E-state index in [-0.39, 0.29) is 16.6 Å². The lowest BCUT2D eigenvalue weighted by Gasteiger charge is -2.12. The van der Waals surface area contributed by atoms with Gasteiger partial charge in [0.1, 0.15) is 6.54 Å². The minimum atomic E-state index is -3.52. The molecule has 10 heteroatoms. The van der Waals surface area contributed by atoms with Crippen LogP contribution in [0.2, 0.25) is 0 Å². The van der Waals surface area contributed by atoms with E-state index in [9.17, 15) is 22.4 Å². The number of hydrogen-bond acceptors (Lipinski definition) is 6. The average Bonchev–Trinajstić information content (AvgIpc) is 3.21. The Hall–Kier alpha value is -2.07. The predicted molar refractivity (Wildman–Crippen MR) is 90.8 cm³/mol. The lowest BCUT2D eigenvalue weighted by atomic mass is 10.4. The van der Waals surface area contributed by atoms with Crippen molar-refractivity contribution in [3.8, 4) is 0 Å². The van der Waals surface area contributed by atoms with Crippen molar-refractivity contribution < 1.29 is 17.6 Å². The van der Waals surface area contributed by atoms with Gasteiger partial charge in [0.15, 0.2) is 20.1 Å². The van der Waals surface area contributed by atoms with Crippen LogP contribution in [0.4, 0.5) is 9.52 Å². The minimum absolute atomic E-state index is 0.0111. The second-order valence-corrected chi connectivity index (χ2v) is 9.01. The highest BCUT2D eigenvalue weighted by molar-refractivity contribution is 7.92. The molecule has 0 atom stereocenters. The molecule has 1 saturated carbocycles. The largest absolute Gasteiger partial charge is 0.306 e. The van der Waals surface area contributed by atoms with E-state index >= 15 is 0 Å². The maximum Gasteiger partial charge on any atom is 0.252 e. The Balaban J connectivity index is 1.73. The van der Waals surface area contributed by atoms with Crippen LogP contribution in [0.15, 0.2) is 34.2 Å². The molecule has 0 bridgehead atoms. The second kappa shape index (κ2) is 7.04. The molecule has 0 unspecified atom stereocenters. The third-order valence-electron chi connectivity index (χ3n) is 4.07. The van der Waals surface area contributed by atoms with Gasteiger partial charge in [-0.1, -0.05) is 24.2 Å². The van der Waals surface area contributed by atoms with E-state index in [2.05, 4.69) is 10.3 Å². The number of carbonyl (C=O) groups excluding carboxylic acids is 1. The second-order valence-electron chi connectivity index (χ2n) is 5.80. The molecule has 0 radical (unpaired) electrons. The van der Waals surface area contributed by atoms with E-state index in [0.29, 0.717) is 24.2 Å². The predicted octanol–water partition coefficient (Wildman–Crippen LogP) is 1.80. The number of halogens is 1. The summed E-state index contributed by atoms with van der Waals surface area (Å²) in [5.41, 5.74) is -0.584. The highest BCUT2D eigenvalue weighted by atomic mass is 32.2. The zero-order valence-corrected chi connectivity index (χ0v) is 14.8. The Morgan fingerprint density at radius 1 is 1.40 bits per heavy atom. The number of nitrogens with zero attached hydrogens (tertiary/aromatic N) is 2. The highest BCUT2D eigenvalue weighted by Crippen LogP contribution is 2.28. The molecule has 1 amide bonds. The molecule has 0 saturated heterocycles. The molecule has 1 aliphatic carbocycles. The van der Waals surface area contributed by atoms with Crippen molar-refractivity contribution in [3.63, 3.8) is 0 Å². The van der Waals surface area contributed by atoms with Crippen molar-refractivity contribution in [2.24, 2.45) is 0 Å². The Kier molecular flexibility index (Phi) is 5.00. The van der Waals surface area contributed by atoms with E-state index < -0.39 is 31.7 Å². The molecule has 2 aromatic heterocycles. The molecule has 134 valence electrons. The number of hydrogen-bond donors (Lipinski definition) is 1. The van der Waals surface area contributed by atoms with Gasteiger partial charge in [-0.15, -0.1) is 0 Å². The lowest BCUT2D eigenvalue weighted by molar-refractivity contribution is -0.116. The van der Waals surface area contributed by atoms with Gasteiger partial charge in [0.25, 0.3) is 5.56 Å².